The van der Waals surface area contributed by atoms with Crippen LogP contribution in [-0.2, 0) is 14.8 Å². The van der Waals surface area contributed by atoms with Crippen molar-refractivity contribution in [3.63, 3.8) is 0 Å². The number of amides is 1. The first-order valence-electron chi connectivity index (χ1n) is 8.76. The van der Waals surface area contributed by atoms with Gasteiger partial charge in [-0.25, -0.2) is 8.42 Å². The molecule has 1 amide bonds. The van der Waals surface area contributed by atoms with Gasteiger partial charge in [-0.2, -0.15) is 16.5 Å². The lowest BCUT2D eigenvalue weighted by Gasteiger charge is -2.21. The normalized spacial score (nSPS) is 14.3. The zero-order valence-electron chi connectivity index (χ0n) is 15.4. The summed E-state index contributed by atoms with van der Waals surface area (Å²) >= 11 is 1.54. The second-order valence-electron chi connectivity index (χ2n) is 6.12. The Hall–Kier alpha value is -2.23. The van der Waals surface area contributed by atoms with E-state index in [0.29, 0.717) is 42.6 Å². The Labute approximate surface area is 168 Å². The number of ether oxygens (including phenoxy) is 2. The summed E-state index contributed by atoms with van der Waals surface area (Å²) in [5.74, 6) is 1.12. The molecule has 28 heavy (non-hydrogen) atoms. The molecule has 9 heteroatoms. The summed E-state index contributed by atoms with van der Waals surface area (Å²) in [6.45, 7) is 0.785. The summed E-state index contributed by atoms with van der Waals surface area (Å²) in [6.07, 6.45) is 2.27. The summed E-state index contributed by atoms with van der Waals surface area (Å²) in [4.78, 5) is 12.7. The summed E-state index contributed by atoms with van der Waals surface area (Å²) in [5, 5.41) is 2.76. The molecule has 3 rings (SSSR count). The molecule has 0 radical (unpaired) electrons. The van der Waals surface area contributed by atoms with E-state index in [-0.39, 0.29) is 4.90 Å². The summed E-state index contributed by atoms with van der Waals surface area (Å²) in [7, 11) is -3.92. The van der Waals surface area contributed by atoms with Gasteiger partial charge in [0.05, 0.1) is 4.90 Å². The highest BCUT2D eigenvalue weighted by Gasteiger charge is 2.27. The molecule has 1 unspecified atom stereocenters. The minimum atomic E-state index is -3.92. The predicted molar refractivity (Wildman–Crippen MR) is 110 cm³/mol. The van der Waals surface area contributed by atoms with Crippen molar-refractivity contribution in [2.24, 2.45) is 0 Å². The molecule has 0 saturated carbocycles. The molecule has 7 nitrogen and oxygen atoms in total. The first-order valence-corrected chi connectivity index (χ1v) is 11.6. The molecule has 2 aromatic carbocycles. The van der Waals surface area contributed by atoms with Gasteiger partial charge in [-0.15, -0.1) is 0 Å². The van der Waals surface area contributed by atoms with Crippen molar-refractivity contribution >= 4 is 33.4 Å². The molecular weight excluding hydrogens is 400 g/mol. The number of hydrogen-bond acceptors (Lipinski definition) is 6. The fourth-order valence-corrected chi connectivity index (χ4v) is 4.39. The number of rotatable bonds is 8. The van der Waals surface area contributed by atoms with Crippen molar-refractivity contribution < 1.29 is 22.7 Å². The van der Waals surface area contributed by atoms with E-state index in [1.165, 1.54) is 12.1 Å². The molecule has 0 bridgehead atoms. The average molecular weight is 423 g/mol. The molecule has 1 aliphatic heterocycles. The van der Waals surface area contributed by atoms with Gasteiger partial charge < -0.3 is 14.8 Å². The fraction of sp³-hybridized carbons (Fsp3) is 0.316. The smallest absolute Gasteiger partial charge is 0.242 e. The van der Waals surface area contributed by atoms with Gasteiger partial charge in [0.15, 0.2) is 11.5 Å². The van der Waals surface area contributed by atoms with Gasteiger partial charge in [0.25, 0.3) is 0 Å². The number of fused-ring (bicyclic) bond motifs is 1. The van der Waals surface area contributed by atoms with Crippen LogP contribution in [0.2, 0.25) is 0 Å². The molecule has 2 N–H and O–H groups in total. The van der Waals surface area contributed by atoms with Gasteiger partial charge in [0.2, 0.25) is 15.9 Å². The van der Waals surface area contributed by atoms with Crippen molar-refractivity contribution in [3.8, 4) is 11.5 Å². The van der Waals surface area contributed by atoms with Crippen LogP contribution in [0.15, 0.2) is 53.4 Å². The van der Waals surface area contributed by atoms with Crippen LogP contribution in [0.25, 0.3) is 0 Å². The molecule has 0 aliphatic carbocycles. The number of thioether (sulfide) groups is 1. The molecule has 2 aromatic rings. The Morgan fingerprint density at radius 3 is 2.54 bits per heavy atom. The first-order chi connectivity index (χ1) is 13.5. The highest BCUT2D eigenvalue weighted by molar-refractivity contribution is 7.98. The largest absolute Gasteiger partial charge is 0.486 e. The Morgan fingerprint density at radius 1 is 1.11 bits per heavy atom. The number of hydrogen-bond donors (Lipinski definition) is 2. The van der Waals surface area contributed by atoms with Gasteiger partial charge in [-0.3, -0.25) is 4.79 Å². The van der Waals surface area contributed by atoms with Gasteiger partial charge >= 0.3 is 0 Å². The van der Waals surface area contributed by atoms with E-state index in [1.807, 2.05) is 12.3 Å². The van der Waals surface area contributed by atoms with E-state index in [2.05, 4.69) is 10.0 Å². The maximum atomic E-state index is 12.9. The number of carbonyl (C=O) groups is 1. The third-order valence-corrected chi connectivity index (χ3v) is 6.20. The minimum Gasteiger partial charge on any atom is -0.486 e. The molecule has 150 valence electrons. The molecular formula is C19H22N2O5S2. The third kappa shape index (κ3) is 5.18. The topological polar surface area (TPSA) is 93.7 Å². The van der Waals surface area contributed by atoms with Crippen molar-refractivity contribution in [1.82, 2.24) is 4.72 Å². The number of sulfonamides is 1. The first kappa shape index (κ1) is 20.5. The van der Waals surface area contributed by atoms with E-state index >= 15 is 0 Å². The van der Waals surface area contributed by atoms with E-state index in [4.69, 9.17) is 9.47 Å². The molecule has 1 aliphatic rings. The Kier molecular flexibility index (Phi) is 6.82. The molecule has 0 spiro atoms. The number of para-hydroxylation sites is 1. The van der Waals surface area contributed by atoms with Crippen LogP contribution in [0, 0.1) is 0 Å². The zero-order valence-corrected chi connectivity index (χ0v) is 17.0. The van der Waals surface area contributed by atoms with Crippen LogP contribution in [0.3, 0.4) is 0 Å². The Balaban J connectivity index is 1.78. The average Bonchev–Trinajstić information content (AvgIpc) is 2.71. The summed E-state index contributed by atoms with van der Waals surface area (Å²) in [6, 6.07) is 12.4. The van der Waals surface area contributed by atoms with Gasteiger partial charge in [-0.05, 0) is 42.7 Å². The number of nitrogens with one attached hydrogen (secondary N) is 2. The second kappa shape index (κ2) is 9.31. The molecule has 0 aromatic heterocycles. The lowest BCUT2D eigenvalue weighted by molar-refractivity contribution is -0.117. The van der Waals surface area contributed by atoms with Crippen LogP contribution in [0.1, 0.15) is 6.42 Å². The number of carbonyl (C=O) groups excluding carboxylic acids is 1. The van der Waals surface area contributed by atoms with E-state index in [9.17, 15) is 13.2 Å². The lowest BCUT2D eigenvalue weighted by atomic mass is 10.2. The van der Waals surface area contributed by atoms with Crippen LogP contribution >= 0.6 is 11.8 Å². The van der Waals surface area contributed by atoms with Crippen molar-refractivity contribution in [3.05, 3.63) is 48.5 Å². The maximum absolute atomic E-state index is 12.9. The highest BCUT2D eigenvalue weighted by atomic mass is 32.2. The number of benzene rings is 2. The van der Waals surface area contributed by atoms with E-state index < -0.39 is 22.0 Å². The Bertz CT molecular complexity index is 919. The standard InChI is InChI=1S/C19H22N2O5S2/c1-27-12-9-16(19(22)20-14-5-3-2-4-6-14)21-28(23,24)15-7-8-17-18(13-15)26-11-10-25-17/h2-8,13,16,21H,9-12H2,1H3,(H,20,22). The SMILES string of the molecule is CSCCC(NS(=O)(=O)c1ccc2c(c1)OCCO2)C(=O)Nc1ccccc1. The molecule has 0 saturated heterocycles. The summed E-state index contributed by atoms with van der Waals surface area (Å²) < 4.78 is 39.1. The van der Waals surface area contributed by atoms with Gasteiger partial charge in [0, 0.05) is 11.8 Å². The fourth-order valence-electron chi connectivity index (χ4n) is 2.68. The zero-order chi connectivity index (χ0) is 20.0. The second-order valence-corrected chi connectivity index (χ2v) is 8.82. The monoisotopic (exact) mass is 422 g/mol. The van der Waals surface area contributed by atoms with Crippen LogP contribution < -0.4 is 19.5 Å². The van der Waals surface area contributed by atoms with Gasteiger partial charge in [-0.1, -0.05) is 18.2 Å². The van der Waals surface area contributed by atoms with Crippen molar-refractivity contribution in [2.75, 3.05) is 30.5 Å². The third-order valence-electron chi connectivity index (χ3n) is 4.09. The van der Waals surface area contributed by atoms with Crippen LogP contribution in [-0.4, -0.2) is 45.6 Å². The van der Waals surface area contributed by atoms with Gasteiger partial charge in [0.1, 0.15) is 19.3 Å². The van der Waals surface area contributed by atoms with Crippen LogP contribution in [0.4, 0.5) is 5.69 Å². The number of anilines is 1. The molecule has 0 fully saturated rings. The lowest BCUT2D eigenvalue weighted by Crippen LogP contribution is -2.44. The quantitative estimate of drug-likeness (QED) is 0.679. The molecule has 1 atom stereocenters. The maximum Gasteiger partial charge on any atom is 0.242 e. The van der Waals surface area contributed by atoms with Crippen molar-refractivity contribution in [1.29, 1.82) is 0 Å². The van der Waals surface area contributed by atoms with E-state index in [0.717, 1.165) is 0 Å². The summed E-state index contributed by atoms with van der Waals surface area (Å²) in [5.41, 5.74) is 0.611. The van der Waals surface area contributed by atoms with E-state index in [1.54, 1.807) is 42.1 Å². The predicted octanol–water partition coefficient (Wildman–Crippen LogP) is 2.50. The van der Waals surface area contributed by atoms with Crippen LogP contribution in [0.5, 0.6) is 11.5 Å². The molecule has 1 heterocycles. The van der Waals surface area contributed by atoms with Crippen molar-refractivity contribution in [2.45, 2.75) is 17.4 Å². The highest BCUT2D eigenvalue weighted by Crippen LogP contribution is 2.32. The Morgan fingerprint density at radius 2 is 1.82 bits per heavy atom. The minimum absolute atomic E-state index is 0.0263.